The third kappa shape index (κ3) is 3.15. The van der Waals surface area contributed by atoms with Gasteiger partial charge in [0.05, 0.1) is 0 Å². The van der Waals surface area contributed by atoms with Crippen molar-refractivity contribution in [2.24, 2.45) is 0 Å². The molecule has 2 rings (SSSR count). The molecule has 0 saturated heterocycles. The number of hydrogen-bond acceptors (Lipinski definition) is 1. The lowest BCUT2D eigenvalue weighted by atomic mass is 10.2. The molecule has 0 fully saturated rings. The Kier molecular flexibility index (Phi) is 4.45. The molecule has 1 aromatic carbocycles. The van der Waals surface area contributed by atoms with Crippen molar-refractivity contribution in [1.29, 1.82) is 0 Å². The quantitative estimate of drug-likeness (QED) is 0.866. The van der Waals surface area contributed by atoms with Gasteiger partial charge in [0.2, 0.25) is 0 Å². The van der Waals surface area contributed by atoms with Crippen molar-refractivity contribution in [1.82, 2.24) is 9.88 Å². The topological polar surface area (TPSA) is 17.0 Å². The minimum Gasteiger partial charge on any atom is -0.346 e. The fourth-order valence-corrected chi connectivity index (χ4v) is 2.29. The summed E-state index contributed by atoms with van der Waals surface area (Å²) >= 11 is 5.90. The molecule has 2 nitrogen and oxygen atoms in total. The first-order valence-electron chi connectivity index (χ1n) is 6.33. The van der Waals surface area contributed by atoms with E-state index < -0.39 is 0 Å². The summed E-state index contributed by atoms with van der Waals surface area (Å²) < 4.78 is 2.27. The van der Waals surface area contributed by atoms with Crippen molar-refractivity contribution in [3.63, 3.8) is 0 Å². The highest BCUT2D eigenvalue weighted by atomic mass is 35.5. The van der Waals surface area contributed by atoms with Gasteiger partial charge in [0.25, 0.3) is 0 Å². The van der Waals surface area contributed by atoms with Gasteiger partial charge in [0.15, 0.2) is 0 Å². The highest BCUT2D eigenvalue weighted by Gasteiger charge is 2.08. The summed E-state index contributed by atoms with van der Waals surface area (Å²) in [6.07, 6.45) is 2.12. The molecule has 1 N–H and O–H groups in total. The van der Waals surface area contributed by atoms with E-state index in [2.05, 4.69) is 54.2 Å². The number of halogens is 1. The molecule has 0 bridgehead atoms. The summed E-state index contributed by atoms with van der Waals surface area (Å²) in [7, 11) is 0. The van der Waals surface area contributed by atoms with E-state index in [1.807, 2.05) is 12.1 Å². The van der Waals surface area contributed by atoms with Crippen LogP contribution in [-0.2, 0) is 6.54 Å². The standard InChI is InChI=1S/C15H19ClN2/c1-3-17-12(2)15-5-4-10-18(15)11-13-6-8-14(16)9-7-13/h4-10,12,17H,3,11H2,1-2H3. The van der Waals surface area contributed by atoms with E-state index in [4.69, 9.17) is 11.6 Å². The van der Waals surface area contributed by atoms with E-state index in [1.54, 1.807) is 0 Å². The van der Waals surface area contributed by atoms with Gasteiger partial charge in [0.1, 0.15) is 0 Å². The van der Waals surface area contributed by atoms with Crippen LogP contribution >= 0.6 is 11.6 Å². The average Bonchev–Trinajstić information content (AvgIpc) is 2.81. The predicted octanol–water partition coefficient (Wildman–Crippen LogP) is 3.86. The molecule has 0 aliphatic rings. The molecule has 0 aliphatic heterocycles. The monoisotopic (exact) mass is 262 g/mol. The van der Waals surface area contributed by atoms with E-state index >= 15 is 0 Å². The summed E-state index contributed by atoms with van der Waals surface area (Å²) in [4.78, 5) is 0. The molecule has 1 unspecified atom stereocenters. The minimum atomic E-state index is 0.373. The van der Waals surface area contributed by atoms with Gasteiger partial charge in [0, 0.05) is 29.5 Å². The fraction of sp³-hybridized carbons (Fsp3) is 0.333. The SMILES string of the molecule is CCNC(C)c1cccn1Cc1ccc(Cl)cc1. The zero-order valence-corrected chi connectivity index (χ0v) is 11.6. The van der Waals surface area contributed by atoms with E-state index in [0.29, 0.717) is 6.04 Å². The highest BCUT2D eigenvalue weighted by molar-refractivity contribution is 6.30. The van der Waals surface area contributed by atoms with Gasteiger partial charge in [-0.3, -0.25) is 0 Å². The summed E-state index contributed by atoms with van der Waals surface area (Å²) in [5.41, 5.74) is 2.58. The van der Waals surface area contributed by atoms with Crippen LogP contribution in [0.15, 0.2) is 42.6 Å². The number of benzene rings is 1. The third-order valence-corrected chi connectivity index (χ3v) is 3.34. The number of rotatable bonds is 5. The lowest BCUT2D eigenvalue weighted by Gasteiger charge is -2.16. The molecule has 3 heteroatoms. The van der Waals surface area contributed by atoms with Crippen LogP contribution in [-0.4, -0.2) is 11.1 Å². The second-order valence-corrected chi connectivity index (χ2v) is 4.90. The van der Waals surface area contributed by atoms with Gasteiger partial charge >= 0.3 is 0 Å². The van der Waals surface area contributed by atoms with Crippen LogP contribution in [0.3, 0.4) is 0 Å². The van der Waals surface area contributed by atoms with Crippen molar-refractivity contribution in [3.05, 3.63) is 58.9 Å². The van der Waals surface area contributed by atoms with Crippen LogP contribution in [0.1, 0.15) is 31.1 Å². The Balaban J connectivity index is 2.14. The fourth-order valence-electron chi connectivity index (χ4n) is 2.16. The maximum absolute atomic E-state index is 5.90. The Bertz CT molecular complexity index is 487. The smallest absolute Gasteiger partial charge is 0.0473 e. The molecule has 0 amide bonds. The summed E-state index contributed by atoms with van der Waals surface area (Å²) in [5.74, 6) is 0. The molecule has 1 aromatic heterocycles. The van der Waals surface area contributed by atoms with Crippen LogP contribution in [0.2, 0.25) is 5.02 Å². The molecule has 1 atom stereocenters. The number of hydrogen-bond donors (Lipinski definition) is 1. The molecule has 0 saturated carbocycles. The predicted molar refractivity (Wildman–Crippen MR) is 77.1 cm³/mol. The van der Waals surface area contributed by atoms with E-state index in [9.17, 15) is 0 Å². The number of aromatic nitrogens is 1. The van der Waals surface area contributed by atoms with Gasteiger partial charge < -0.3 is 9.88 Å². The van der Waals surface area contributed by atoms with Crippen molar-refractivity contribution in [2.45, 2.75) is 26.4 Å². The molecule has 0 aliphatic carbocycles. The maximum Gasteiger partial charge on any atom is 0.0473 e. The van der Waals surface area contributed by atoms with Gasteiger partial charge in [-0.25, -0.2) is 0 Å². The molecule has 96 valence electrons. The molecule has 0 radical (unpaired) electrons. The second-order valence-electron chi connectivity index (χ2n) is 4.47. The first kappa shape index (κ1) is 13.2. The Morgan fingerprint density at radius 3 is 2.61 bits per heavy atom. The first-order chi connectivity index (χ1) is 8.70. The molecule has 2 aromatic rings. The maximum atomic E-state index is 5.90. The van der Waals surface area contributed by atoms with Crippen LogP contribution < -0.4 is 5.32 Å². The molecule has 18 heavy (non-hydrogen) atoms. The van der Waals surface area contributed by atoms with Gasteiger partial charge in [-0.15, -0.1) is 0 Å². The lowest BCUT2D eigenvalue weighted by Crippen LogP contribution is -2.20. The Morgan fingerprint density at radius 2 is 1.94 bits per heavy atom. The Morgan fingerprint density at radius 1 is 1.22 bits per heavy atom. The van der Waals surface area contributed by atoms with Gasteiger partial charge in [-0.05, 0) is 43.3 Å². The molecule has 0 spiro atoms. The van der Waals surface area contributed by atoms with E-state index in [0.717, 1.165) is 18.1 Å². The van der Waals surface area contributed by atoms with Crippen molar-refractivity contribution < 1.29 is 0 Å². The third-order valence-electron chi connectivity index (χ3n) is 3.08. The lowest BCUT2D eigenvalue weighted by molar-refractivity contribution is 0.553. The number of nitrogens with zero attached hydrogens (tertiary/aromatic N) is 1. The average molecular weight is 263 g/mol. The van der Waals surface area contributed by atoms with Crippen LogP contribution in [0.25, 0.3) is 0 Å². The van der Waals surface area contributed by atoms with E-state index in [1.165, 1.54) is 11.3 Å². The second kappa shape index (κ2) is 6.07. The normalized spacial score (nSPS) is 12.6. The highest BCUT2D eigenvalue weighted by Crippen LogP contribution is 2.16. The Hall–Kier alpha value is -1.25. The van der Waals surface area contributed by atoms with Crippen molar-refractivity contribution >= 4 is 11.6 Å². The zero-order valence-electron chi connectivity index (χ0n) is 10.9. The van der Waals surface area contributed by atoms with E-state index in [-0.39, 0.29) is 0 Å². The Labute approximate surface area is 114 Å². The first-order valence-corrected chi connectivity index (χ1v) is 6.71. The van der Waals surface area contributed by atoms with Crippen molar-refractivity contribution in [2.75, 3.05) is 6.54 Å². The summed E-state index contributed by atoms with van der Waals surface area (Å²) in [6, 6.07) is 12.7. The van der Waals surface area contributed by atoms with Crippen molar-refractivity contribution in [3.8, 4) is 0 Å². The molecule has 1 heterocycles. The molecular formula is C15H19ClN2. The zero-order chi connectivity index (χ0) is 13.0. The summed E-state index contributed by atoms with van der Waals surface area (Å²) in [5, 5.41) is 4.23. The van der Waals surface area contributed by atoms with Crippen LogP contribution in [0.5, 0.6) is 0 Å². The van der Waals surface area contributed by atoms with Crippen LogP contribution in [0, 0.1) is 0 Å². The minimum absolute atomic E-state index is 0.373. The summed E-state index contributed by atoms with van der Waals surface area (Å²) in [6.45, 7) is 6.18. The van der Waals surface area contributed by atoms with Crippen LogP contribution in [0.4, 0.5) is 0 Å². The van der Waals surface area contributed by atoms with Gasteiger partial charge in [-0.1, -0.05) is 30.7 Å². The van der Waals surface area contributed by atoms with Gasteiger partial charge in [-0.2, -0.15) is 0 Å². The number of nitrogens with one attached hydrogen (secondary N) is 1. The largest absolute Gasteiger partial charge is 0.346 e. The molecular weight excluding hydrogens is 244 g/mol.